The van der Waals surface area contributed by atoms with E-state index in [2.05, 4.69) is 10.6 Å². The molecule has 2 saturated heterocycles. The molecule has 10 heteroatoms. The minimum atomic E-state index is -1.02. The SMILES string of the molecule is CC(=O)C[C@@H](C=O)NC(=O)[C@@H]1CCCN2C(=O)CC[C@H](NC(=O)c3ccccc3)C(=O)N12. The molecule has 3 rings (SSSR count). The molecule has 2 N–H and O–H groups in total. The van der Waals surface area contributed by atoms with Crippen LogP contribution in [0.3, 0.4) is 0 Å². The van der Waals surface area contributed by atoms with Crippen molar-refractivity contribution < 1.29 is 28.8 Å². The third-order valence-electron chi connectivity index (χ3n) is 5.50. The number of amides is 4. The number of nitrogens with zero attached hydrogens (tertiary/aromatic N) is 2. The Morgan fingerprint density at radius 1 is 1.16 bits per heavy atom. The smallest absolute Gasteiger partial charge is 0.264 e. The van der Waals surface area contributed by atoms with E-state index in [9.17, 15) is 28.8 Å². The fourth-order valence-corrected chi connectivity index (χ4v) is 3.96. The molecule has 1 aromatic rings. The number of benzene rings is 1. The van der Waals surface area contributed by atoms with Crippen LogP contribution in [-0.2, 0) is 24.0 Å². The van der Waals surface area contributed by atoms with Gasteiger partial charge in [0.2, 0.25) is 11.8 Å². The quantitative estimate of drug-likeness (QED) is 0.570. The largest absolute Gasteiger partial charge is 0.344 e. The Balaban J connectivity index is 1.81. The molecule has 2 aliphatic rings. The van der Waals surface area contributed by atoms with Crippen LogP contribution in [0.4, 0.5) is 0 Å². The van der Waals surface area contributed by atoms with E-state index < -0.39 is 35.8 Å². The first kappa shape index (κ1) is 23.1. The van der Waals surface area contributed by atoms with E-state index in [1.165, 1.54) is 11.9 Å². The van der Waals surface area contributed by atoms with Gasteiger partial charge in [0.15, 0.2) is 0 Å². The summed E-state index contributed by atoms with van der Waals surface area (Å²) >= 11 is 0. The van der Waals surface area contributed by atoms with Crippen molar-refractivity contribution in [2.24, 2.45) is 0 Å². The molecule has 0 unspecified atom stereocenters. The van der Waals surface area contributed by atoms with Crippen LogP contribution in [0.2, 0.25) is 0 Å². The average molecular weight is 442 g/mol. The van der Waals surface area contributed by atoms with E-state index in [0.29, 0.717) is 18.3 Å². The zero-order valence-corrected chi connectivity index (χ0v) is 17.8. The van der Waals surface area contributed by atoms with Crippen LogP contribution >= 0.6 is 0 Å². The minimum absolute atomic E-state index is 0.0393. The second kappa shape index (κ2) is 10.2. The average Bonchev–Trinajstić information content (AvgIpc) is 2.90. The molecule has 0 aliphatic carbocycles. The van der Waals surface area contributed by atoms with Gasteiger partial charge in [0.1, 0.15) is 24.2 Å². The van der Waals surface area contributed by atoms with Gasteiger partial charge in [-0.15, -0.1) is 0 Å². The third kappa shape index (κ3) is 5.19. The Morgan fingerprint density at radius 3 is 2.53 bits per heavy atom. The maximum absolute atomic E-state index is 13.4. The van der Waals surface area contributed by atoms with Crippen molar-refractivity contribution in [2.75, 3.05) is 6.54 Å². The molecule has 2 heterocycles. The molecule has 2 aliphatic heterocycles. The van der Waals surface area contributed by atoms with Crippen LogP contribution in [0.15, 0.2) is 30.3 Å². The number of hydrogen-bond acceptors (Lipinski definition) is 6. The van der Waals surface area contributed by atoms with Crippen molar-refractivity contribution in [3.63, 3.8) is 0 Å². The summed E-state index contributed by atoms with van der Waals surface area (Å²) in [4.78, 5) is 74.1. The number of rotatable bonds is 7. The van der Waals surface area contributed by atoms with Gasteiger partial charge in [-0.05, 0) is 38.3 Å². The van der Waals surface area contributed by atoms with Gasteiger partial charge in [0.05, 0.1) is 6.04 Å². The fraction of sp³-hybridized carbons (Fsp3) is 0.455. The molecule has 0 bridgehead atoms. The van der Waals surface area contributed by atoms with Gasteiger partial charge in [-0.1, -0.05) is 18.2 Å². The summed E-state index contributed by atoms with van der Waals surface area (Å²) in [5.41, 5.74) is 0.374. The van der Waals surface area contributed by atoms with E-state index >= 15 is 0 Å². The first-order chi connectivity index (χ1) is 15.3. The van der Waals surface area contributed by atoms with Gasteiger partial charge >= 0.3 is 0 Å². The molecule has 3 atom stereocenters. The molecular formula is C22H26N4O6. The van der Waals surface area contributed by atoms with E-state index in [1.54, 1.807) is 30.3 Å². The van der Waals surface area contributed by atoms with Crippen molar-refractivity contribution in [3.8, 4) is 0 Å². The maximum atomic E-state index is 13.4. The highest BCUT2D eigenvalue weighted by atomic mass is 16.2. The van der Waals surface area contributed by atoms with Gasteiger partial charge in [-0.25, -0.2) is 5.01 Å². The molecule has 170 valence electrons. The number of fused-ring (bicyclic) bond motifs is 1. The molecule has 0 saturated carbocycles. The third-order valence-corrected chi connectivity index (χ3v) is 5.50. The predicted octanol–water partition coefficient (Wildman–Crippen LogP) is -0.0238. The summed E-state index contributed by atoms with van der Waals surface area (Å²) in [6, 6.07) is 5.36. The van der Waals surface area contributed by atoms with E-state index in [1.807, 2.05) is 0 Å². The lowest BCUT2D eigenvalue weighted by Gasteiger charge is -2.43. The van der Waals surface area contributed by atoms with Crippen molar-refractivity contribution in [3.05, 3.63) is 35.9 Å². The van der Waals surface area contributed by atoms with E-state index in [-0.39, 0.29) is 43.9 Å². The topological polar surface area (TPSA) is 133 Å². The van der Waals surface area contributed by atoms with Gasteiger partial charge in [-0.3, -0.25) is 29.0 Å². The summed E-state index contributed by atoms with van der Waals surface area (Å²) in [5, 5.41) is 7.53. The fourth-order valence-electron chi connectivity index (χ4n) is 3.96. The molecule has 2 fully saturated rings. The Kier molecular flexibility index (Phi) is 7.34. The summed E-state index contributed by atoms with van der Waals surface area (Å²) in [6.07, 6.45) is 1.24. The van der Waals surface area contributed by atoms with Crippen LogP contribution < -0.4 is 10.6 Å². The Bertz CT molecular complexity index is 918. The van der Waals surface area contributed by atoms with Gasteiger partial charge in [0.25, 0.3) is 11.8 Å². The van der Waals surface area contributed by atoms with E-state index in [4.69, 9.17) is 0 Å². The predicted molar refractivity (Wildman–Crippen MR) is 112 cm³/mol. The molecule has 0 radical (unpaired) electrons. The Morgan fingerprint density at radius 2 is 1.88 bits per heavy atom. The number of hydrazine groups is 1. The first-order valence-electron chi connectivity index (χ1n) is 10.6. The number of hydrogen-bond donors (Lipinski definition) is 2. The Hall–Kier alpha value is -3.56. The lowest BCUT2D eigenvalue weighted by Crippen LogP contribution is -2.64. The second-order valence-corrected chi connectivity index (χ2v) is 7.95. The van der Waals surface area contributed by atoms with Crippen molar-refractivity contribution >= 4 is 35.7 Å². The van der Waals surface area contributed by atoms with Crippen LogP contribution in [0.5, 0.6) is 0 Å². The molecule has 10 nitrogen and oxygen atoms in total. The summed E-state index contributed by atoms with van der Waals surface area (Å²) in [7, 11) is 0. The van der Waals surface area contributed by atoms with Crippen LogP contribution in [0, 0.1) is 0 Å². The molecule has 32 heavy (non-hydrogen) atoms. The highest BCUT2D eigenvalue weighted by Gasteiger charge is 2.44. The monoisotopic (exact) mass is 442 g/mol. The standard InChI is InChI=1S/C22H26N4O6/c1-14(28)12-16(13-27)23-21(31)18-8-5-11-25-19(29)10-9-17(22(32)26(18)25)24-20(30)15-6-3-2-4-7-15/h2-4,6-7,13,16-18H,5,8-12H2,1H3,(H,23,31)(H,24,30)/t16-,17-,18-/m0/s1. The highest BCUT2D eigenvalue weighted by molar-refractivity contribution is 6.00. The van der Waals surface area contributed by atoms with Crippen LogP contribution in [-0.4, -0.2) is 70.4 Å². The van der Waals surface area contributed by atoms with Crippen molar-refractivity contribution in [2.45, 2.75) is 57.2 Å². The van der Waals surface area contributed by atoms with E-state index in [0.717, 1.165) is 5.01 Å². The first-order valence-corrected chi connectivity index (χ1v) is 10.6. The number of ketones is 1. The van der Waals surface area contributed by atoms with Gasteiger partial charge in [-0.2, -0.15) is 0 Å². The zero-order chi connectivity index (χ0) is 23.3. The van der Waals surface area contributed by atoms with Crippen LogP contribution in [0.1, 0.15) is 49.4 Å². The molecule has 1 aromatic carbocycles. The normalized spacial score (nSPS) is 21.8. The lowest BCUT2D eigenvalue weighted by atomic mass is 10.0. The zero-order valence-electron chi connectivity index (χ0n) is 17.8. The number of carbonyl (C=O) groups is 6. The summed E-state index contributed by atoms with van der Waals surface area (Å²) in [6.45, 7) is 1.58. The number of aldehydes is 1. The molecule has 0 aromatic heterocycles. The maximum Gasteiger partial charge on any atom is 0.264 e. The van der Waals surface area contributed by atoms with Crippen LogP contribution in [0.25, 0.3) is 0 Å². The second-order valence-electron chi connectivity index (χ2n) is 7.95. The number of nitrogens with one attached hydrogen (secondary N) is 2. The lowest BCUT2D eigenvalue weighted by molar-refractivity contribution is -0.176. The van der Waals surface area contributed by atoms with Gasteiger partial charge < -0.3 is 15.4 Å². The summed E-state index contributed by atoms with van der Waals surface area (Å²) in [5.74, 6) is -2.22. The van der Waals surface area contributed by atoms with Gasteiger partial charge in [0, 0.05) is 24.9 Å². The number of Topliss-reactive ketones (excluding diaryl/α,β-unsaturated/α-hetero) is 1. The van der Waals surface area contributed by atoms with Crippen molar-refractivity contribution in [1.82, 2.24) is 20.7 Å². The minimum Gasteiger partial charge on any atom is -0.344 e. The molecule has 4 amide bonds. The Labute approximate surface area is 185 Å². The summed E-state index contributed by atoms with van der Waals surface area (Å²) < 4.78 is 0. The highest BCUT2D eigenvalue weighted by Crippen LogP contribution is 2.25. The van der Waals surface area contributed by atoms with Crippen molar-refractivity contribution in [1.29, 1.82) is 0 Å². The molecule has 0 spiro atoms. The molecular weight excluding hydrogens is 416 g/mol. The number of carbonyl (C=O) groups excluding carboxylic acids is 6.